The van der Waals surface area contributed by atoms with Crippen LogP contribution >= 0.6 is 11.3 Å². The molecule has 4 nitrogen and oxygen atoms in total. The number of hydrogen-bond donors (Lipinski definition) is 2. The minimum atomic E-state index is -0.00833. The number of amides is 1. The van der Waals surface area contributed by atoms with E-state index in [0.29, 0.717) is 6.42 Å². The summed E-state index contributed by atoms with van der Waals surface area (Å²) in [6, 6.07) is 1.96. The molecule has 2 aromatic rings. The topological polar surface area (TPSA) is 57.8 Å². The lowest BCUT2D eigenvalue weighted by Gasteiger charge is -2.03. The molecule has 2 rings (SSSR count). The van der Waals surface area contributed by atoms with Crippen molar-refractivity contribution in [1.29, 1.82) is 0 Å². The Kier molecular flexibility index (Phi) is 3.05. The monoisotopic (exact) mass is 235 g/mol. The lowest BCUT2D eigenvalue weighted by Crippen LogP contribution is -2.14. The van der Waals surface area contributed by atoms with E-state index in [1.165, 1.54) is 0 Å². The summed E-state index contributed by atoms with van der Waals surface area (Å²) in [7, 11) is 0. The van der Waals surface area contributed by atoms with Crippen LogP contribution in [0, 0.1) is 13.8 Å². The molecule has 0 spiro atoms. The highest BCUT2D eigenvalue weighted by Crippen LogP contribution is 2.16. The van der Waals surface area contributed by atoms with E-state index in [4.69, 9.17) is 0 Å². The molecule has 1 amide bonds. The number of nitrogens with zero attached hydrogens (tertiary/aromatic N) is 1. The van der Waals surface area contributed by atoms with Crippen molar-refractivity contribution in [2.24, 2.45) is 0 Å². The summed E-state index contributed by atoms with van der Waals surface area (Å²) in [5, 5.41) is 13.7. The summed E-state index contributed by atoms with van der Waals surface area (Å²) in [6.45, 7) is 3.75. The molecule has 0 saturated carbocycles. The predicted molar refractivity (Wildman–Crippen MR) is 64.7 cm³/mol. The Morgan fingerprint density at radius 3 is 2.94 bits per heavy atom. The van der Waals surface area contributed by atoms with Crippen LogP contribution in [0.1, 0.15) is 17.0 Å². The molecule has 2 heterocycles. The number of aromatic amines is 1. The van der Waals surface area contributed by atoms with Crippen molar-refractivity contribution < 1.29 is 4.79 Å². The molecule has 2 N–H and O–H groups in total. The highest BCUT2D eigenvalue weighted by atomic mass is 32.1. The third kappa shape index (κ3) is 2.30. The maximum absolute atomic E-state index is 11.7. The second kappa shape index (κ2) is 4.49. The molecule has 16 heavy (non-hydrogen) atoms. The van der Waals surface area contributed by atoms with E-state index in [-0.39, 0.29) is 5.91 Å². The molecule has 0 atom stereocenters. The fourth-order valence-electron chi connectivity index (χ4n) is 1.50. The number of aromatic nitrogens is 2. The number of anilines is 1. The zero-order valence-electron chi connectivity index (χ0n) is 9.20. The van der Waals surface area contributed by atoms with Gasteiger partial charge in [0, 0.05) is 0 Å². The first-order valence-corrected chi connectivity index (χ1v) is 5.93. The molecule has 2 aromatic heterocycles. The standard InChI is InChI=1S/C11H13N3OS/c1-7-11(8(2)14-13-7)12-10(15)5-9-3-4-16-6-9/h3-4,6H,5H2,1-2H3,(H,12,15)(H,13,14). The quantitative estimate of drug-likeness (QED) is 0.857. The molecule has 0 aliphatic rings. The highest BCUT2D eigenvalue weighted by molar-refractivity contribution is 7.08. The summed E-state index contributed by atoms with van der Waals surface area (Å²) >= 11 is 1.60. The molecule has 0 radical (unpaired) electrons. The van der Waals surface area contributed by atoms with Gasteiger partial charge in [-0.2, -0.15) is 16.4 Å². The molecular formula is C11H13N3OS. The predicted octanol–water partition coefficient (Wildman–Crippen LogP) is 2.27. The van der Waals surface area contributed by atoms with Gasteiger partial charge in [0.15, 0.2) is 0 Å². The Balaban J connectivity index is 2.03. The van der Waals surface area contributed by atoms with Crippen molar-refractivity contribution in [2.75, 3.05) is 5.32 Å². The molecule has 0 fully saturated rings. The van der Waals surface area contributed by atoms with Crippen LogP contribution in [-0.2, 0) is 11.2 Å². The molecule has 84 valence electrons. The summed E-state index contributed by atoms with van der Waals surface area (Å²) in [5.41, 5.74) is 3.54. The van der Waals surface area contributed by atoms with Crippen LogP contribution < -0.4 is 5.32 Å². The summed E-state index contributed by atoms with van der Waals surface area (Å²) in [4.78, 5) is 11.7. The van der Waals surface area contributed by atoms with Crippen LogP contribution in [0.4, 0.5) is 5.69 Å². The number of nitrogens with one attached hydrogen (secondary N) is 2. The largest absolute Gasteiger partial charge is 0.323 e. The van der Waals surface area contributed by atoms with Crippen LogP contribution in [0.5, 0.6) is 0 Å². The molecule has 0 saturated heterocycles. The Morgan fingerprint density at radius 1 is 1.56 bits per heavy atom. The summed E-state index contributed by atoms with van der Waals surface area (Å²) in [5.74, 6) is -0.00833. The molecule has 0 aliphatic carbocycles. The average molecular weight is 235 g/mol. The molecule has 0 aromatic carbocycles. The number of carbonyl (C=O) groups is 1. The van der Waals surface area contributed by atoms with Gasteiger partial charge in [-0.05, 0) is 36.2 Å². The molecule has 0 aliphatic heterocycles. The second-order valence-electron chi connectivity index (χ2n) is 3.67. The van der Waals surface area contributed by atoms with Gasteiger partial charge in [-0.15, -0.1) is 0 Å². The fourth-order valence-corrected chi connectivity index (χ4v) is 2.17. The Hall–Kier alpha value is -1.62. The van der Waals surface area contributed by atoms with Crippen molar-refractivity contribution in [3.8, 4) is 0 Å². The molecule has 5 heteroatoms. The number of rotatable bonds is 3. The number of carbonyl (C=O) groups excluding carboxylic acids is 1. The van der Waals surface area contributed by atoms with Crippen molar-refractivity contribution in [3.63, 3.8) is 0 Å². The van der Waals surface area contributed by atoms with Crippen LogP contribution in [0.15, 0.2) is 16.8 Å². The Morgan fingerprint density at radius 2 is 2.38 bits per heavy atom. The van der Waals surface area contributed by atoms with Gasteiger partial charge in [0.05, 0.1) is 23.5 Å². The van der Waals surface area contributed by atoms with Gasteiger partial charge in [0.25, 0.3) is 0 Å². The van der Waals surface area contributed by atoms with E-state index in [9.17, 15) is 4.79 Å². The minimum absolute atomic E-state index is 0.00833. The lowest BCUT2D eigenvalue weighted by molar-refractivity contribution is -0.115. The third-order valence-electron chi connectivity index (χ3n) is 2.34. The maximum Gasteiger partial charge on any atom is 0.228 e. The Bertz CT molecular complexity index is 468. The van der Waals surface area contributed by atoms with E-state index >= 15 is 0 Å². The third-order valence-corrected chi connectivity index (χ3v) is 3.07. The average Bonchev–Trinajstić information content (AvgIpc) is 2.83. The van der Waals surface area contributed by atoms with Crippen LogP contribution in [0.2, 0.25) is 0 Å². The van der Waals surface area contributed by atoms with Crippen molar-refractivity contribution >= 4 is 22.9 Å². The van der Waals surface area contributed by atoms with Gasteiger partial charge in [-0.25, -0.2) is 0 Å². The van der Waals surface area contributed by atoms with Crippen LogP contribution in [0.25, 0.3) is 0 Å². The van der Waals surface area contributed by atoms with Gasteiger partial charge in [0.1, 0.15) is 0 Å². The van der Waals surface area contributed by atoms with E-state index < -0.39 is 0 Å². The highest BCUT2D eigenvalue weighted by Gasteiger charge is 2.10. The van der Waals surface area contributed by atoms with E-state index in [2.05, 4.69) is 15.5 Å². The van der Waals surface area contributed by atoms with E-state index in [1.54, 1.807) is 11.3 Å². The van der Waals surface area contributed by atoms with Crippen LogP contribution in [-0.4, -0.2) is 16.1 Å². The molecule has 0 bridgehead atoms. The second-order valence-corrected chi connectivity index (χ2v) is 4.45. The maximum atomic E-state index is 11.7. The molecular weight excluding hydrogens is 222 g/mol. The first-order valence-electron chi connectivity index (χ1n) is 4.99. The van der Waals surface area contributed by atoms with E-state index in [0.717, 1.165) is 22.6 Å². The van der Waals surface area contributed by atoms with Crippen molar-refractivity contribution in [1.82, 2.24) is 10.2 Å². The van der Waals surface area contributed by atoms with Gasteiger partial charge < -0.3 is 5.32 Å². The lowest BCUT2D eigenvalue weighted by atomic mass is 10.2. The first-order chi connectivity index (χ1) is 7.66. The smallest absolute Gasteiger partial charge is 0.228 e. The van der Waals surface area contributed by atoms with Crippen LogP contribution in [0.3, 0.4) is 0 Å². The first kappa shape index (κ1) is 10.9. The van der Waals surface area contributed by atoms with Gasteiger partial charge in [-0.1, -0.05) is 0 Å². The normalized spacial score (nSPS) is 10.4. The summed E-state index contributed by atoms with van der Waals surface area (Å²) in [6.07, 6.45) is 0.410. The fraction of sp³-hybridized carbons (Fsp3) is 0.273. The SMILES string of the molecule is Cc1n[nH]c(C)c1NC(=O)Cc1ccsc1. The minimum Gasteiger partial charge on any atom is -0.323 e. The number of thiophene rings is 1. The number of hydrogen-bond acceptors (Lipinski definition) is 3. The van der Waals surface area contributed by atoms with E-state index in [1.807, 2.05) is 30.7 Å². The summed E-state index contributed by atoms with van der Waals surface area (Å²) < 4.78 is 0. The van der Waals surface area contributed by atoms with Gasteiger partial charge in [-0.3, -0.25) is 9.89 Å². The van der Waals surface area contributed by atoms with Crippen molar-refractivity contribution in [3.05, 3.63) is 33.8 Å². The zero-order valence-corrected chi connectivity index (χ0v) is 10.0. The Labute approximate surface area is 97.7 Å². The molecule has 0 unspecified atom stereocenters. The number of H-pyrrole nitrogens is 1. The van der Waals surface area contributed by atoms with Crippen molar-refractivity contribution in [2.45, 2.75) is 20.3 Å². The van der Waals surface area contributed by atoms with Gasteiger partial charge >= 0.3 is 0 Å². The number of aryl methyl sites for hydroxylation is 2. The van der Waals surface area contributed by atoms with Gasteiger partial charge in [0.2, 0.25) is 5.91 Å². The zero-order chi connectivity index (χ0) is 11.5.